The van der Waals surface area contributed by atoms with E-state index in [9.17, 15) is 18.0 Å². The molecule has 10 heteroatoms. The topological polar surface area (TPSA) is 96.0 Å². The zero-order valence-electron chi connectivity index (χ0n) is 23.4. The van der Waals surface area contributed by atoms with E-state index < -0.39 is 28.5 Å². The Morgan fingerprint density at radius 2 is 1.60 bits per heavy atom. The monoisotopic (exact) mass is 583 g/mol. The first-order valence-corrected chi connectivity index (χ1v) is 15.9. The van der Waals surface area contributed by atoms with Crippen LogP contribution in [0.4, 0.5) is 5.69 Å². The lowest BCUT2D eigenvalue weighted by Gasteiger charge is -2.32. The van der Waals surface area contributed by atoms with Gasteiger partial charge in [-0.15, -0.1) is 11.8 Å². The molecule has 0 fully saturated rings. The van der Waals surface area contributed by atoms with E-state index in [1.165, 1.54) is 28.8 Å². The van der Waals surface area contributed by atoms with Gasteiger partial charge >= 0.3 is 0 Å². The van der Waals surface area contributed by atoms with E-state index in [4.69, 9.17) is 4.74 Å². The van der Waals surface area contributed by atoms with Crippen LogP contribution >= 0.6 is 11.8 Å². The highest BCUT2D eigenvalue weighted by molar-refractivity contribution is 7.98. The smallest absolute Gasteiger partial charge is 0.264 e. The normalized spacial score (nSPS) is 11.9. The fourth-order valence-electron chi connectivity index (χ4n) is 4.17. The molecule has 1 N–H and O–H groups in total. The molecule has 0 radical (unpaired) electrons. The summed E-state index contributed by atoms with van der Waals surface area (Å²) < 4.78 is 34.5. The van der Waals surface area contributed by atoms with Gasteiger partial charge in [0, 0.05) is 18.0 Å². The molecule has 0 saturated heterocycles. The largest absolute Gasteiger partial charge is 0.494 e. The Morgan fingerprint density at radius 3 is 2.17 bits per heavy atom. The third-order valence-corrected chi connectivity index (χ3v) is 8.90. The Kier molecular flexibility index (Phi) is 11.5. The lowest BCUT2D eigenvalue weighted by Crippen LogP contribution is -2.52. The maximum absolute atomic E-state index is 13.9. The van der Waals surface area contributed by atoms with Crippen LogP contribution in [0.2, 0.25) is 0 Å². The van der Waals surface area contributed by atoms with Crippen LogP contribution in [0.25, 0.3) is 0 Å². The lowest BCUT2D eigenvalue weighted by atomic mass is 10.1. The number of ether oxygens (including phenoxy) is 1. The number of amides is 2. The average Bonchev–Trinajstić information content (AvgIpc) is 2.97. The number of rotatable bonds is 14. The third-order valence-electron chi connectivity index (χ3n) is 6.36. The Bertz CT molecular complexity index is 1350. The minimum absolute atomic E-state index is 0.0691. The molecule has 0 aliphatic rings. The lowest BCUT2D eigenvalue weighted by molar-refractivity contribution is -0.138. The van der Waals surface area contributed by atoms with Gasteiger partial charge in [-0.3, -0.25) is 13.9 Å². The first-order valence-electron chi connectivity index (χ1n) is 13.2. The standard InChI is InChI=1S/C30H37N3O5S2/c1-5-31-30(35)23(3)32(21-20-24-10-8-7-9-11-24)29(34)22-33(25-12-14-26(15-13-25)38-6-2)40(36,37)28-18-16-27(39-4)17-19-28/h7-19,23H,5-6,20-22H2,1-4H3,(H,31,35)/t23-/m0/s1. The second-order valence-electron chi connectivity index (χ2n) is 9.01. The van der Waals surface area contributed by atoms with E-state index >= 15 is 0 Å². The van der Waals surface area contributed by atoms with E-state index in [0.29, 0.717) is 31.0 Å². The van der Waals surface area contributed by atoms with Gasteiger partial charge in [-0.1, -0.05) is 30.3 Å². The Labute approximate surface area is 241 Å². The molecule has 40 heavy (non-hydrogen) atoms. The number of sulfonamides is 1. The fraction of sp³-hybridized carbons (Fsp3) is 0.333. The SMILES string of the molecule is CCNC(=O)[C@H](C)N(CCc1ccccc1)C(=O)CN(c1ccc(OCC)cc1)S(=O)(=O)c1ccc(SC)cc1. The Balaban J connectivity index is 1.98. The van der Waals surface area contributed by atoms with Crippen LogP contribution in [-0.2, 0) is 26.0 Å². The van der Waals surface area contributed by atoms with Crippen molar-refractivity contribution in [3.05, 3.63) is 84.4 Å². The number of thioether (sulfide) groups is 1. The van der Waals surface area contributed by atoms with E-state index in [0.717, 1.165) is 14.8 Å². The van der Waals surface area contributed by atoms with Gasteiger partial charge in [-0.05, 0) is 87.5 Å². The van der Waals surface area contributed by atoms with Gasteiger partial charge in [0.1, 0.15) is 18.3 Å². The molecule has 3 aromatic carbocycles. The first-order chi connectivity index (χ1) is 19.2. The highest BCUT2D eigenvalue weighted by Crippen LogP contribution is 2.27. The summed E-state index contributed by atoms with van der Waals surface area (Å²) in [7, 11) is -4.12. The maximum atomic E-state index is 13.9. The first kappa shape index (κ1) is 31.0. The average molecular weight is 584 g/mol. The zero-order chi connectivity index (χ0) is 29.1. The molecule has 0 bridgehead atoms. The second-order valence-corrected chi connectivity index (χ2v) is 11.7. The third kappa shape index (κ3) is 8.02. The van der Waals surface area contributed by atoms with Gasteiger partial charge in [0.25, 0.3) is 10.0 Å². The predicted octanol–water partition coefficient (Wildman–Crippen LogP) is 4.60. The highest BCUT2D eigenvalue weighted by Gasteiger charge is 2.32. The molecule has 0 heterocycles. The van der Waals surface area contributed by atoms with Crippen molar-refractivity contribution < 1.29 is 22.7 Å². The van der Waals surface area contributed by atoms with Crippen molar-refractivity contribution in [3.63, 3.8) is 0 Å². The van der Waals surface area contributed by atoms with Crippen molar-refractivity contribution in [1.82, 2.24) is 10.2 Å². The summed E-state index contributed by atoms with van der Waals surface area (Å²) in [5, 5.41) is 2.77. The van der Waals surface area contributed by atoms with Crippen LogP contribution < -0.4 is 14.4 Å². The summed E-state index contributed by atoms with van der Waals surface area (Å²) in [6.45, 7) is 5.99. The predicted molar refractivity (Wildman–Crippen MR) is 160 cm³/mol. The minimum atomic E-state index is -4.12. The number of carbonyl (C=O) groups is 2. The summed E-state index contributed by atoms with van der Waals surface area (Å²) >= 11 is 1.51. The van der Waals surface area contributed by atoms with Crippen molar-refractivity contribution in [2.45, 2.75) is 43.0 Å². The molecule has 0 spiro atoms. The molecule has 3 aromatic rings. The molecule has 0 aliphatic carbocycles. The van der Waals surface area contributed by atoms with Crippen LogP contribution in [-0.4, -0.2) is 63.7 Å². The number of likely N-dealkylation sites (N-methyl/N-ethyl adjacent to an activating group) is 1. The van der Waals surface area contributed by atoms with Crippen molar-refractivity contribution in [1.29, 1.82) is 0 Å². The van der Waals surface area contributed by atoms with Gasteiger partial charge in [0.05, 0.1) is 17.2 Å². The van der Waals surface area contributed by atoms with Crippen LogP contribution in [0, 0.1) is 0 Å². The molecule has 2 amide bonds. The van der Waals surface area contributed by atoms with Crippen molar-refractivity contribution in [3.8, 4) is 5.75 Å². The van der Waals surface area contributed by atoms with Gasteiger partial charge in [-0.2, -0.15) is 0 Å². The molecule has 1 atom stereocenters. The van der Waals surface area contributed by atoms with Crippen LogP contribution in [0.5, 0.6) is 5.75 Å². The molecule has 0 aromatic heterocycles. The molecule has 8 nitrogen and oxygen atoms in total. The summed E-state index contributed by atoms with van der Waals surface area (Å²) in [5.74, 6) is -0.187. The summed E-state index contributed by atoms with van der Waals surface area (Å²) in [5.41, 5.74) is 1.33. The Hall–Kier alpha value is -3.50. The molecular weight excluding hydrogens is 546 g/mol. The number of carbonyl (C=O) groups excluding carboxylic acids is 2. The van der Waals surface area contributed by atoms with Crippen LogP contribution in [0.15, 0.2) is 88.7 Å². The van der Waals surface area contributed by atoms with Crippen molar-refractivity contribution in [2.24, 2.45) is 0 Å². The Morgan fingerprint density at radius 1 is 0.950 bits per heavy atom. The summed E-state index contributed by atoms with van der Waals surface area (Å²) in [6.07, 6.45) is 2.43. The van der Waals surface area contributed by atoms with Gasteiger partial charge < -0.3 is 15.0 Å². The number of nitrogens with one attached hydrogen (secondary N) is 1. The number of anilines is 1. The van der Waals surface area contributed by atoms with E-state index in [2.05, 4.69) is 5.32 Å². The summed E-state index contributed by atoms with van der Waals surface area (Å²) in [4.78, 5) is 29.1. The number of nitrogens with zero attached hydrogens (tertiary/aromatic N) is 2. The molecule has 214 valence electrons. The van der Waals surface area contributed by atoms with E-state index in [1.54, 1.807) is 43.3 Å². The second kappa shape index (κ2) is 14.8. The van der Waals surface area contributed by atoms with Crippen molar-refractivity contribution in [2.75, 3.05) is 36.8 Å². The molecule has 0 aliphatic heterocycles. The minimum Gasteiger partial charge on any atom is -0.494 e. The molecule has 3 rings (SSSR count). The maximum Gasteiger partial charge on any atom is 0.264 e. The van der Waals surface area contributed by atoms with Crippen molar-refractivity contribution >= 4 is 39.3 Å². The van der Waals surface area contributed by atoms with Gasteiger partial charge in [0.15, 0.2) is 0 Å². The molecule has 0 saturated carbocycles. The quantitative estimate of drug-likeness (QED) is 0.279. The van der Waals surface area contributed by atoms with Crippen LogP contribution in [0.3, 0.4) is 0 Å². The number of hydrogen-bond donors (Lipinski definition) is 1. The van der Waals surface area contributed by atoms with Crippen LogP contribution in [0.1, 0.15) is 26.3 Å². The molecule has 0 unspecified atom stereocenters. The number of hydrogen-bond acceptors (Lipinski definition) is 6. The van der Waals surface area contributed by atoms with Gasteiger partial charge in [0.2, 0.25) is 11.8 Å². The van der Waals surface area contributed by atoms with Gasteiger partial charge in [-0.25, -0.2) is 8.42 Å². The molecular formula is C30H37N3O5S2. The zero-order valence-corrected chi connectivity index (χ0v) is 25.0. The highest BCUT2D eigenvalue weighted by atomic mass is 32.2. The fourth-order valence-corrected chi connectivity index (χ4v) is 5.99. The van der Waals surface area contributed by atoms with E-state index in [1.807, 2.05) is 50.4 Å². The van der Waals surface area contributed by atoms with E-state index in [-0.39, 0.29) is 17.3 Å². The summed E-state index contributed by atoms with van der Waals surface area (Å²) in [6, 6.07) is 22.0. The number of benzene rings is 3.